The van der Waals surface area contributed by atoms with Gasteiger partial charge in [-0.15, -0.1) is 10.2 Å². The van der Waals surface area contributed by atoms with Gasteiger partial charge in [0.1, 0.15) is 0 Å². The lowest BCUT2D eigenvalue weighted by molar-refractivity contribution is -0.896. The van der Waals surface area contributed by atoms with Crippen molar-refractivity contribution in [3.8, 4) is 0 Å². The zero-order chi connectivity index (χ0) is 20.6. The summed E-state index contributed by atoms with van der Waals surface area (Å²) < 4.78 is 1.14. The summed E-state index contributed by atoms with van der Waals surface area (Å²) in [6.45, 7) is 6.59. The van der Waals surface area contributed by atoms with E-state index in [0.29, 0.717) is 24.6 Å². The fourth-order valence-corrected chi connectivity index (χ4v) is 3.66. The summed E-state index contributed by atoms with van der Waals surface area (Å²) in [6.07, 6.45) is 6.45. The van der Waals surface area contributed by atoms with Crippen LogP contribution in [0.2, 0.25) is 0 Å². The fourth-order valence-electron chi connectivity index (χ4n) is 3.66. The molecule has 0 bridgehead atoms. The van der Waals surface area contributed by atoms with Gasteiger partial charge < -0.3 is 9.59 Å². The van der Waals surface area contributed by atoms with Gasteiger partial charge in [-0.25, -0.2) is 0 Å². The van der Waals surface area contributed by atoms with Gasteiger partial charge in [0.25, 0.3) is 0 Å². The van der Waals surface area contributed by atoms with Crippen LogP contribution in [0.3, 0.4) is 0 Å². The number of nitrogens with zero attached hydrogens (tertiary/aromatic N) is 5. The normalized spacial score (nSPS) is 19.4. The van der Waals surface area contributed by atoms with E-state index in [1.54, 1.807) is 0 Å². The molecule has 1 aliphatic heterocycles. The third kappa shape index (κ3) is 6.99. The molecular formula is C20H33N6O2+. The summed E-state index contributed by atoms with van der Waals surface area (Å²) in [6, 6.07) is 4.38. The first-order valence-electron chi connectivity index (χ1n) is 10.0. The van der Waals surface area contributed by atoms with Gasteiger partial charge in [-0.2, -0.15) is 5.21 Å². The number of quaternary nitrogens is 1. The number of likely N-dealkylation sites (tertiary alicyclic amines) is 1. The van der Waals surface area contributed by atoms with Crippen molar-refractivity contribution in [1.29, 1.82) is 0 Å². The van der Waals surface area contributed by atoms with Gasteiger partial charge in [0.2, 0.25) is 0 Å². The number of carboxylic acids is 1. The first-order chi connectivity index (χ1) is 13.3. The Labute approximate surface area is 167 Å². The number of aryl methyl sites for hydroxylation is 1. The number of carbonyl (C=O) groups is 1. The molecular weight excluding hydrogens is 356 g/mol. The molecule has 0 aromatic carbocycles. The molecule has 0 saturated carbocycles. The molecule has 0 radical (unpaired) electrons. The maximum atomic E-state index is 10.7. The highest BCUT2D eigenvalue weighted by Gasteiger charge is 2.28. The van der Waals surface area contributed by atoms with Crippen LogP contribution in [0.15, 0.2) is 18.3 Å². The van der Waals surface area contributed by atoms with E-state index in [9.17, 15) is 4.79 Å². The molecule has 0 amide bonds. The van der Waals surface area contributed by atoms with Gasteiger partial charge >= 0.3 is 5.97 Å². The summed E-state index contributed by atoms with van der Waals surface area (Å²) >= 11 is 0. The zero-order valence-corrected chi connectivity index (χ0v) is 17.4. The van der Waals surface area contributed by atoms with E-state index in [0.717, 1.165) is 10.9 Å². The Morgan fingerprint density at radius 2 is 2.18 bits per heavy atom. The summed E-state index contributed by atoms with van der Waals surface area (Å²) in [4.78, 5) is 15.3. The quantitative estimate of drug-likeness (QED) is 0.736. The van der Waals surface area contributed by atoms with Crippen molar-refractivity contribution in [2.45, 2.75) is 51.9 Å². The van der Waals surface area contributed by atoms with Crippen LogP contribution in [0.4, 0.5) is 0 Å². The number of pyridine rings is 1. The minimum Gasteiger partial charge on any atom is -0.481 e. The number of tetrazole rings is 1. The van der Waals surface area contributed by atoms with Crippen molar-refractivity contribution in [3.05, 3.63) is 35.4 Å². The number of hydrogen-bond acceptors (Lipinski definition) is 5. The molecule has 2 aromatic rings. The van der Waals surface area contributed by atoms with Crippen LogP contribution in [0, 0.1) is 12.8 Å². The second kappa shape index (κ2) is 10.3. The van der Waals surface area contributed by atoms with Crippen LogP contribution in [0.25, 0.3) is 0 Å². The van der Waals surface area contributed by atoms with Crippen LogP contribution < -0.4 is 0 Å². The average molecular weight is 390 g/mol. The number of piperidine rings is 1. The van der Waals surface area contributed by atoms with Gasteiger partial charge in [-0.1, -0.05) is 24.6 Å². The number of aromatic amines is 1. The van der Waals surface area contributed by atoms with E-state index in [1.165, 1.54) is 37.2 Å². The molecule has 28 heavy (non-hydrogen) atoms. The van der Waals surface area contributed by atoms with Crippen LogP contribution in [-0.4, -0.2) is 68.4 Å². The highest BCUT2D eigenvalue weighted by atomic mass is 16.4. The van der Waals surface area contributed by atoms with Gasteiger partial charge in [-0.05, 0) is 37.8 Å². The van der Waals surface area contributed by atoms with E-state index in [2.05, 4.69) is 58.8 Å². The first-order valence-corrected chi connectivity index (χ1v) is 10.0. The predicted octanol–water partition coefficient (Wildman–Crippen LogP) is 2.59. The largest absolute Gasteiger partial charge is 0.481 e. The monoisotopic (exact) mass is 389 g/mol. The second-order valence-corrected chi connectivity index (χ2v) is 8.30. The Morgan fingerprint density at radius 3 is 2.71 bits per heavy atom. The molecule has 3 rings (SSSR count). The van der Waals surface area contributed by atoms with E-state index in [-0.39, 0.29) is 0 Å². The maximum Gasteiger partial charge on any atom is 0.306 e. The third-order valence-corrected chi connectivity index (χ3v) is 5.19. The molecule has 2 N–H and O–H groups in total. The van der Waals surface area contributed by atoms with Crippen molar-refractivity contribution in [2.75, 3.05) is 27.2 Å². The number of carboxylic acid groups (broad SMARTS) is 1. The van der Waals surface area contributed by atoms with Crippen molar-refractivity contribution >= 4 is 5.97 Å². The minimum absolute atomic E-state index is 0.347. The van der Waals surface area contributed by atoms with Crippen LogP contribution in [0.5, 0.6) is 0 Å². The van der Waals surface area contributed by atoms with Crippen molar-refractivity contribution in [3.63, 3.8) is 0 Å². The molecule has 3 heterocycles. The lowest BCUT2D eigenvalue weighted by Gasteiger charge is -2.37. The Balaban J connectivity index is 0.000000203. The maximum absolute atomic E-state index is 10.7. The smallest absolute Gasteiger partial charge is 0.306 e. The zero-order valence-electron chi connectivity index (χ0n) is 17.4. The summed E-state index contributed by atoms with van der Waals surface area (Å²) in [5, 5.41) is 21.9. The molecule has 2 unspecified atom stereocenters. The first kappa shape index (κ1) is 21.9. The topological polar surface area (TPSA) is 105 Å². The number of aliphatic carboxylic acids is 1. The number of rotatable bonds is 6. The fraction of sp³-hybridized carbons (Fsp3) is 0.650. The van der Waals surface area contributed by atoms with Crippen molar-refractivity contribution in [2.24, 2.45) is 5.92 Å². The molecule has 2 aromatic heterocycles. The van der Waals surface area contributed by atoms with Gasteiger partial charge in [0, 0.05) is 18.3 Å². The number of H-pyrrole nitrogens is 1. The van der Waals surface area contributed by atoms with Gasteiger partial charge in [0.15, 0.2) is 5.82 Å². The van der Waals surface area contributed by atoms with Crippen LogP contribution in [-0.2, 0) is 11.2 Å². The lowest BCUT2D eigenvalue weighted by Crippen LogP contribution is -2.46. The van der Waals surface area contributed by atoms with Crippen molar-refractivity contribution < 1.29 is 14.4 Å². The molecule has 154 valence electrons. The SMILES string of the molecule is CCCC(Cc1nn[nH]n1)C(=O)O.Cc1ccc(C2CCC[N+](C)(C)C2)nc1. The number of likely N-dealkylation sites (N-methyl/N-ethyl adjacent to an activating group) is 1. The van der Waals surface area contributed by atoms with E-state index >= 15 is 0 Å². The molecule has 0 aliphatic carbocycles. The Hall–Kier alpha value is -2.35. The Bertz CT molecular complexity index is 715. The number of aromatic nitrogens is 5. The van der Waals surface area contributed by atoms with Crippen LogP contribution >= 0.6 is 0 Å². The summed E-state index contributed by atoms with van der Waals surface area (Å²) in [5.74, 6) is -0.0792. The lowest BCUT2D eigenvalue weighted by atomic mass is 9.93. The summed E-state index contributed by atoms with van der Waals surface area (Å²) in [5.41, 5.74) is 2.54. The van der Waals surface area contributed by atoms with Gasteiger partial charge in [-0.3, -0.25) is 9.78 Å². The number of nitrogens with one attached hydrogen (secondary N) is 1. The Kier molecular flexibility index (Phi) is 8.04. The summed E-state index contributed by atoms with van der Waals surface area (Å²) in [7, 11) is 4.64. The molecule has 0 spiro atoms. The minimum atomic E-state index is -0.799. The standard InChI is InChI=1S/C13H21N2.C7H12N4O2/c1-11-6-7-13(14-9-11)12-5-4-8-15(2,3)10-12;1-2-3-5(7(12)13)4-6-8-10-11-9-6/h6-7,9,12H,4-5,8,10H2,1-3H3;5H,2-4H2,1H3,(H,12,13)(H,8,9,10,11)/q+1;. The van der Waals surface area contributed by atoms with Crippen LogP contribution in [0.1, 0.15) is 55.6 Å². The van der Waals surface area contributed by atoms with Gasteiger partial charge in [0.05, 0.1) is 39.0 Å². The molecule has 1 saturated heterocycles. The van der Waals surface area contributed by atoms with Crippen molar-refractivity contribution in [1.82, 2.24) is 25.6 Å². The third-order valence-electron chi connectivity index (χ3n) is 5.19. The highest BCUT2D eigenvalue weighted by Crippen LogP contribution is 2.27. The number of hydrogen-bond donors (Lipinski definition) is 2. The van der Waals surface area contributed by atoms with E-state index < -0.39 is 11.9 Å². The Morgan fingerprint density at radius 1 is 1.39 bits per heavy atom. The van der Waals surface area contributed by atoms with E-state index in [4.69, 9.17) is 5.11 Å². The molecule has 8 nitrogen and oxygen atoms in total. The second-order valence-electron chi connectivity index (χ2n) is 8.30. The molecule has 8 heteroatoms. The average Bonchev–Trinajstić information content (AvgIpc) is 3.15. The molecule has 1 fully saturated rings. The molecule has 2 atom stereocenters. The predicted molar refractivity (Wildman–Crippen MR) is 107 cm³/mol. The molecule has 1 aliphatic rings. The van der Waals surface area contributed by atoms with E-state index in [1.807, 2.05) is 13.1 Å². The highest BCUT2D eigenvalue weighted by molar-refractivity contribution is 5.70.